The zero-order chi connectivity index (χ0) is 39.5. The lowest BCUT2D eigenvalue weighted by Gasteiger charge is -2.30. The van der Waals surface area contributed by atoms with Gasteiger partial charge < -0.3 is 41.4 Å². The van der Waals surface area contributed by atoms with Crippen LogP contribution in [0.5, 0.6) is 0 Å². The summed E-state index contributed by atoms with van der Waals surface area (Å²) in [6, 6.07) is 12.0. The number of nitrogens with two attached hydrogens (primary N) is 1. The maximum absolute atomic E-state index is 14.3. The first kappa shape index (κ1) is 42.1. The van der Waals surface area contributed by atoms with Crippen LogP contribution in [0.2, 0.25) is 0 Å². The Labute approximate surface area is 310 Å². The SMILES string of the molecule is CCCC(NC(=O)[C@@H]1C[C@@H](OC(C)(C)C)CN1C(=O)[C@@H](NC(=O)OC(C)(C)C)c1ccccc1)C(=O)C(=O)NCC(=O)N[C@H](C(N)=O)c1ccccc1. The van der Waals surface area contributed by atoms with E-state index in [2.05, 4.69) is 21.3 Å². The van der Waals surface area contributed by atoms with Gasteiger partial charge in [0, 0.05) is 13.0 Å². The number of carbonyl (C=O) groups is 7. The molecule has 5 atom stereocenters. The van der Waals surface area contributed by atoms with Crippen molar-refractivity contribution < 1.29 is 43.0 Å². The van der Waals surface area contributed by atoms with E-state index in [1.54, 1.807) is 88.4 Å². The summed E-state index contributed by atoms with van der Waals surface area (Å²) in [5, 5.41) is 9.97. The Kier molecular flexibility index (Phi) is 14.7. The van der Waals surface area contributed by atoms with Crippen LogP contribution in [0.3, 0.4) is 0 Å². The molecular weight excluding hydrogens is 684 g/mol. The highest BCUT2D eigenvalue weighted by Crippen LogP contribution is 2.29. The summed E-state index contributed by atoms with van der Waals surface area (Å²) in [6.07, 6.45) is -0.848. The van der Waals surface area contributed by atoms with Crippen LogP contribution in [-0.2, 0) is 38.2 Å². The normalized spacial score (nSPS) is 17.5. The maximum Gasteiger partial charge on any atom is 0.408 e. The molecule has 0 bridgehead atoms. The molecule has 1 aliphatic heterocycles. The van der Waals surface area contributed by atoms with Gasteiger partial charge in [-0.3, -0.25) is 28.8 Å². The Morgan fingerprint density at radius 1 is 0.811 bits per heavy atom. The Balaban J connectivity index is 1.79. The van der Waals surface area contributed by atoms with E-state index < -0.39 is 89.4 Å². The molecular formula is C38H52N6O9. The number of alkyl carbamates (subject to hydrolysis) is 1. The van der Waals surface area contributed by atoms with Crippen molar-refractivity contribution in [2.75, 3.05) is 13.1 Å². The Morgan fingerprint density at radius 3 is 1.89 bits per heavy atom. The number of hydrogen-bond acceptors (Lipinski definition) is 9. The second kappa shape index (κ2) is 18.4. The van der Waals surface area contributed by atoms with Crippen molar-refractivity contribution in [2.45, 2.75) is 109 Å². The van der Waals surface area contributed by atoms with Crippen molar-refractivity contribution in [1.82, 2.24) is 26.2 Å². The zero-order valence-corrected chi connectivity index (χ0v) is 31.4. The molecule has 1 fully saturated rings. The Bertz CT molecular complexity index is 1620. The van der Waals surface area contributed by atoms with Gasteiger partial charge in [0.25, 0.3) is 11.8 Å². The molecule has 2 aromatic rings. The minimum Gasteiger partial charge on any atom is -0.444 e. The van der Waals surface area contributed by atoms with E-state index in [0.29, 0.717) is 17.5 Å². The van der Waals surface area contributed by atoms with E-state index in [-0.39, 0.29) is 19.4 Å². The number of ether oxygens (including phenoxy) is 2. The highest BCUT2D eigenvalue weighted by atomic mass is 16.6. The molecule has 0 aromatic heterocycles. The molecule has 1 unspecified atom stereocenters. The zero-order valence-electron chi connectivity index (χ0n) is 31.4. The molecule has 53 heavy (non-hydrogen) atoms. The van der Waals surface area contributed by atoms with Crippen LogP contribution < -0.4 is 27.0 Å². The lowest BCUT2D eigenvalue weighted by Crippen LogP contribution is -2.55. The van der Waals surface area contributed by atoms with Crippen LogP contribution in [0.1, 0.15) is 90.9 Å². The van der Waals surface area contributed by atoms with Crippen LogP contribution >= 0.6 is 0 Å². The molecule has 1 saturated heterocycles. The van der Waals surface area contributed by atoms with Crippen LogP contribution in [0, 0.1) is 0 Å². The van der Waals surface area contributed by atoms with E-state index in [4.69, 9.17) is 15.2 Å². The quantitative estimate of drug-likeness (QED) is 0.170. The van der Waals surface area contributed by atoms with E-state index in [1.807, 2.05) is 20.8 Å². The second-order valence-corrected chi connectivity index (χ2v) is 14.8. The molecule has 15 heteroatoms. The molecule has 0 radical (unpaired) electrons. The third-order valence-electron chi connectivity index (χ3n) is 7.98. The summed E-state index contributed by atoms with van der Waals surface area (Å²) >= 11 is 0. The topological polar surface area (TPSA) is 215 Å². The van der Waals surface area contributed by atoms with E-state index in [0.717, 1.165) is 0 Å². The molecule has 1 aliphatic rings. The number of primary amides is 1. The molecule has 2 aromatic carbocycles. The summed E-state index contributed by atoms with van der Waals surface area (Å²) in [6.45, 7) is 11.7. The predicted octanol–water partition coefficient (Wildman–Crippen LogP) is 2.35. The molecule has 3 rings (SSSR count). The highest BCUT2D eigenvalue weighted by Gasteiger charge is 2.45. The third kappa shape index (κ3) is 13.0. The van der Waals surface area contributed by atoms with Crippen LogP contribution in [0.4, 0.5) is 4.79 Å². The molecule has 0 aliphatic carbocycles. The van der Waals surface area contributed by atoms with Gasteiger partial charge in [0.1, 0.15) is 23.7 Å². The number of Topliss-reactive ketones (excluding diaryl/α,β-unsaturated/α-hetero) is 1. The standard InChI is InChI=1S/C38H52N6O9/c1-8-15-26(31(46)34(49)40-21-28(45)42-29(32(39)47)23-16-11-9-12-17-23)41-33(48)27-20-25(52-37(2,3)4)22-44(27)35(50)30(24-18-13-10-14-19-24)43-36(51)53-38(5,6)7/h9-14,16-19,25-27,29-30H,8,15,20-22H2,1-7H3,(H2,39,47)(H,40,49)(H,41,48)(H,42,45)(H,43,51)/t25-,26?,27+,29+,30+/m1/s1. The number of benzene rings is 2. The van der Waals surface area contributed by atoms with Gasteiger partial charge in [0.15, 0.2) is 0 Å². The van der Waals surface area contributed by atoms with Crippen molar-refractivity contribution >= 4 is 41.4 Å². The van der Waals surface area contributed by atoms with Crippen molar-refractivity contribution in [3.63, 3.8) is 0 Å². The lowest BCUT2D eigenvalue weighted by atomic mass is 10.0. The first-order valence-corrected chi connectivity index (χ1v) is 17.6. The number of carbonyl (C=O) groups excluding carboxylic acids is 7. The predicted molar refractivity (Wildman–Crippen MR) is 195 cm³/mol. The monoisotopic (exact) mass is 736 g/mol. The van der Waals surface area contributed by atoms with Gasteiger partial charge in [0.05, 0.1) is 24.3 Å². The van der Waals surface area contributed by atoms with Gasteiger partial charge in [-0.25, -0.2) is 4.79 Å². The molecule has 0 saturated carbocycles. The van der Waals surface area contributed by atoms with E-state index >= 15 is 0 Å². The van der Waals surface area contributed by atoms with Crippen LogP contribution in [0.25, 0.3) is 0 Å². The third-order valence-corrected chi connectivity index (χ3v) is 7.98. The maximum atomic E-state index is 14.3. The number of rotatable bonds is 15. The Morgan fingerprint density at radius 2 is 1.38 bits per heavy atom. The van der Waals surface area contributed by atoms with Gasteiger partial charge in [0.2, 0.25) is 23.5 Å². The summed E-state index contributed by atoms with van der Waals surface area (Å²) in [4.78, 5) is 93.4. The number of hydrogen-bond donors (Lipinski definition) is 5. The van der Waals surface area contributed by atoms with Crippen molar-refractivity contribution in [3.8, 4) is 0 Å². The highest BCUT2D eigenvalue weighted by molar-refractivity contribution is 6.38. The molecule has 15 nitrogen and oxygen atoms in total. The van der Waals surface area contributed by atoms with Gasteiger partial charge in [-0.05, 0) is 59.1 Å². The molecule has 6 N–H and O–H groups in total. The first-order chi connectivity index (χ1) is 24.8. The fourth-order valence-electron chi connectivity index (χ4n) is 5.81. The van der Waals surface area contributed by atoms with Crippen LogP contribution in [0.15, 0.2) is 60.7 Å². The number of likely N-dealkylation sites (tertiary alicyclic amines) is 1. The lowest BCUT2D eigenvalue weighted by molar-refractivity contribution is -0.143. The Hall–Kier alpha value is -5.31. The average molecular weight is 737 g/mol. The summed E-state index contributed by atoms with van der Waals surface area (Å²) in [5.41, 5.74) is 4.88. The van der Waals surface area contributed by atoms with Gasteiger partial charge in [-0.2, -0.15) is 0 Å². The average Bonchev–Trinajstić information content (AvgIpc) is 3.50. The van der Waals surface area contributed by atoms with Crippen molar-refractivity contribution in [1.29, 1.82) is 0 Å². The van der Waals surface area contributed by atoms with E-state index in [1.165, 1.54) is 4.90 Å². The molecule has 0 spiro atoms. The smallest absolute Gasteiger partial charge is 0.408 e. The van der Waals surface area contributed by atoms with Gasteiger partial charge in [-0.15, -0.1) is 0 Å². The molecule has 288 valence electrons. The van der Waals surface area contributed by atoms with Gasteiger partial charge >= 0.3 is 6.09 Å². The van der Waals surface area contributed by atoms with E-state index in [9.17, 15) is 33.6 Å². The van der Waals surface area contributed by atoms with Gasteiger partial charge in [-0.1, -0.05) is 74.0 Å². The van der Waals surface area contributed by atoms with Crippen molar-refractivity contribution in [3.05, 3.63) is 71.8 Å². The number of nitrogens with one attached hydrogen (secondary N) is 4. The van der Waals surface area contributed by atoms with Crippen LogP contribution in [-0.4, -0.2) is 88.8 Å². The minimum atomic E-state index is -1.29. The molecule has 6 amide bonds. The van der Waals surface area contributed by atoms with Crippen molar-refractivity contribution in [2.24, 2.45) is 5.73 Å². The number of nitrogens with zero attached hydrogens (tertiary/aromatic N) is 1. The fourth-order valence-corrected chi connectivity index (χ4v) is 5.81. The molecule has 1 heterocycles. The first-order valence-electron chi connectivity index (χ1n) is 17.6. The fraction of sp³-hybridized carbons (Fsp3) is 0.500. The summed E-state index contributed by atoms with van der Waals surface area (Å²) in [7, 11) is 0. The second-order valence-electron chi connectivity index (χ2n) is 14.8. The largest absolute Gasteiger partial charge is 0.444 e. The number of amides is 6. The minimum absolute atomic E-state index is 0.00475. The summed E-state index contributed by atoms with van der Waals surface area (Å²) < 4.78 is 11.6. The number of ketones is 1. The summed E-state index contributed by atoms with van der Waals surface area (Å²) in [5.74, 6) is -5.03.